The summed E-state index contributed by atoms with van der Waals surface area (Å²) in [5.74, 6) is 0.155. The number of alkyl halides is 3. The van der Waals surface area contributed by atoms with Crippen molar-refractivity contribution in [3.05, 3.63) is 17.5 Å². The Kier molecular flexibility index (Phi) is 4.00. The fourth-order valence-corrected chi connectivity index (χ4v) is 4.10. The van der Waals surface area contributed by atoms with Crippen molar-refractivity contribution in [2.45, 2.75) is 38.3 Å². The molecule has 0 radical (unpaired) electrons. The smallest absolute Gasteiger partial charge is 0.342 e. The fourth-order valence-electron chi connectivity index (χ4n) is 4.10. The summed E-state index contributed by atoms with van der Waals surface area (Å²) in [5.41, 5.74) is -1.88. The van der Waals surface area contributed by atoms with Crippen molar-refractivity contribution in [2.24, 2.45) is 11.3 Å². The van der Waals surface area contributed by atoms with Gasteiger partial charge >= 0.3 is 6.18 Å². The second kappa shape index (κ2) is 5.99. The number of carbonyl (C=O) groups is 2. The molecular weight excluding hydrogens is 349 g/mol. The van der Waals surface area contributed by atoms with E-state index in [1.54, 1.807) is 0 Å². The Balaban J connectivity index is 1.46. The summed E-state index contributed by atoms with van der Waals surface area (Å²) in [6, 6.07) is 0.732. The number of carbonyl (C=O) groups excluding carboxylic acids is 2. The van der Waals surface area contributed by atoms with Crippen LogP contribution in [0.2, 0.25) is 0 Å². The summed E-state index contributed by atoms with van der Waals surface area (Å²) in [5, 5.41) is 5.38. The van der Waals surface area contributed by atoms with Crippen LogP contribution in [0.15, 0.2) is 6.07 Å². The van der Waals surface area contributed by atoms with E-state index in [0.717, 1.165) is 32.0 Å². The number of aromatic nitrogens is 2. The lowest BCUT2D eigenvalue weighted by atomic mass is 9.78. The maximum Gasteiger partial charge on any atom is 0.432 e. The molecule has 3 fully saturated rings. The second-order valence-electron chi connectivity index (χ2n) is 7.72. The van der Waals surface area contributed by atoms with E-state index in [1.165, 1.54) is 17.7 Å². The molecule has 0 bridgehead atoms. The number of nitrogens with one attached hydrogen (secondary N) is 1. The monoisotopic (exact) mass is 370 g/mol. The molecule has 142 valence electrons. The number of likely N-dealkylation sites (tertiary alicyclic amines) is 2. The highest BCUT2D eigenvalue weighted by atomic mass is 19.4. The van der Waals surface area contributed by atoms with Crippen LogP contribution in [0.3, 0.4) is 0 Å². The highest BCUT2D eigenvalue weighted by molar-refractivity contribution is 5.94. The number of hydrogen-bond acceptors (Lipinski definition) is 3. The van der Waals surface area contributed by atoms with E-state index in [4.69, 9.17) is 0 Å². The maximum absolute atomic E-state index is 13.0. The highest BCUT2D eigenvalue weighted by Crippen LogP contribution is 2.42. The molecule has 0 unspecified atom stereocenters. The Labute approximate surface area is 148 Å². The first-order chi connectivity index (χ1) is 12.3. The van der Waals surface area contributed by atoms with Crippen LogP contribution in [0.4, 0.5) is 13.2 Å². The van der Waals surface area contributed by atoms with Crippen molar-refractivity contribution in [1.29, 1.82) is 0 Å². The van der Waals surface area contributed by atoms with Crippen LogP contribution in [-0.2, 0) is 11.0 Å². The number of amides is 2. The van der Waals surface area contributed by atoms with E-state index in [9.17, 15) is 22.8 Å². The lowest BCUT2D eigenvalue weighted by molar-refractivity contribution is -0.145. The maximum atomic E-state index is 13.0. The fraction of sp³-hybridized carbons (Fsp3) is 0.706. The molecular formula is C17H21F3N4O2. The largest absolute Gasteiger partial charge is 0.432 e. The molecule has 1 aliphatic carbocycles. The predicted octanol–water partition coefficient (Wildman–Crippen LogP) is 2.29. The second-order valence-corrected chi connectivity index (χ2v) is 7.72. The number of rotatable bonds is 3. The van der Waals surface area contributed by atoms with Gasteiger partial charge in [-0.3, -0.25) is 14.7 Å². The summed E-state index contributed by atoms with van der Waals surface area (Å²) < 4.78 is 38.1. The van der Waals surface area contributed by atoms with E-state index < -0.39 is 23.2 Å². The van der Waals surface area contributed by atoms with E-state index >= 15 is 0 Å². The van der Waals surface area contributed by atoms with Gasteiger partial charge in [-0.1, -0.05) is 0 Å². The zero-order valence-electron chi connectivity index (χ0n) is 14.3. The first kappa shape index (κ1) is 17.4. The van der Waals surface area contributed by atoms with Gasteiger partial charge in [-0.25, -0.2) is 0 Å². The molecule has 3 heterocycles. The molecule has 1 aromatic rings. The van der Waals surface area contributed by atoms with Gasteiger partial charge in [0.1, 0.15) is 5.69 Å². The summed E-state index contributed by atoms with van der Waals surface area (Å²) in [6.45, 7) is 2.19. The Morgan fingerprint density at radius 1 is 1.31 bits per heavy atom. The highest BCUT2D eigenvalue weighted by Gasteiger charge is 2.50. The Hall–Kier alpha value is -2.06. The first-order valence-corrected chi connectivity index (χ1v) is 9.00. The minimum absolute atomic E-state index is 0.101. The quantitative estimate of drug-likeness (QED) is 0.888. The SMILES string of the molecule is O=C(c1cc(C(F)(F)F)[nH]n1)N1CC[C@@]2(CCCN(CC3CC3)C2=O)C1. The standard InChI is InChI=1S/C17H21F3N4O2/c18-17(19,20)13-8-12(21-22-13)14(25)24-7-5-16(10-24)4-1-6-23(15(16)26)9-11-2-3-11/h8,11H,1-7,9-10H2,(H,21,22)/t16-/m0/s1. The van der Waals surface area contributed by atoms with Gasteiger partial charge in [-0.2, -0.15) is 18.3 Å². The van der Waals surface area contributed by atoms with Gasteiger partial charge in [0, 0.05) is 32.2 Å². The number of halogens is 3. The zero-order chi connectivity index (χ0) is 18.5. The normalized spacial score (nSPS) is 26.8. The predicted molar refractivity (Wildman–Crippen MR) is 85.1 cm³/mol. The summed E-state index contributed by atoms with van der Waals surface area (Å²) >= 11 is 0. The molecule has 4 rings (SSSR count). The molecule has 2 amide bonds. The van der Waals surface area contributed by atoms with Crippen molar-refractivity contribution < 1.29 is 22.8 Å². The molecule has 3 aliphatic rings. The van der Waals surface area contributed by atoms with Gasteiger partial charge in [-0.05, 0) is 38.0 Å². The molecule has 2 aliphatic heterocycles. The van der Waals surface area contributed by atoms with Gasteiger partial charge in [0.15, 0.2) is 5.69 Å². The van der Waals surface area contributed by atoms with E-state index in [0.29, 0.717) is 18.9 Å². The molecule has 1 spiro atoms. The first-order valence-electron chi connectivity index (χ1n) is 9.00. The minimum Gasteiger partial charge on any atom is -0.342 e. The topological polar surface area (TPSA) is 69.3 Å². The number of hydrogen-bond donors (Lipinski definition) is 1. The third kappa shape index (κ3) is 3.07. The van der Waals surface area contributed by atoms with Crippen LogP contribution in [0, 0.1) is 11.3 Å². The third-order valence-corrected chi connectivity index (χ3v) is 5.74. The van der Waals surface area contributed by atoms with Crippen molar-refractivity contribution in [3.8, 4) is 0 Å². The molecule has 1 saturated carbocycles. The number of aromatic amines is 1. The Morgan fingerprint density at radius 3 is 2.73 bits per heavy atom. The van der Waals surface area contributed by atoms with E-state index in [1.807, 2.05) is 10.00 Å². The summed E-state index contributed by atoms with van der Waals surface area (Å²) in [7, 11) is 0. The van der Waals surface area contributed by atoms with Crippen LogP contribution >= 0.6 is 0 Å². The number of piperidine rings is 1. The molecule has 1 aromatic heterocycles. The average molecular weight is 370 g/mol. The minimum atomic E-state index is -4.57. The van der Waals surface area contributed by atoms with Crippen LogP contribution < -0.4 is 0 Å². The third-order valence-electron chi connectivity index (χ3n) is 5.74. The Morgan fingerprint density at radius 2 is 2.08 bits per heavy atom. The molecule has 6 nitrogen and oxygen atoms in total. The van der Waals surface area contributed by atoms with Crippen LogP contribution in [0.1, 0.15) is 48.3 Å². The Bertz CT molecular complexity index is 728. The number of nitrogens with zero attached hydrogens (tertiary/aromatic N) is 3. The van der Waals surface area contributed by atoms with E-state index in [-0.39, 0.29) is 18.1 Å². The molecule has 9 heteroatoms. The van der Waals surface area contributed by atoms with Crippen molar-refractivity contribution in [3.63, 3.8) is 0 Å². The van der Waals surface area contributed by atoms with Crippen molar-refractivity contribution >= 4 is 11.8 Å². The zero-order valence-corrected chi connectivity index (χ0v) is 14.3. The molecule has 2 saturated heterocycles. The summed E-state index contributed by atoms with van der Waals surface area (Å²) in [6.07, 6.45) is -0.0356. The molecule has 26 heavy (non-hydrogen) atoms. The van der Waals surface area contributed by atoms with Gasteiger partial charge in [0.05, 0.1) is 5.41 Å². The van der Waals surface area contributed by atoms with Crippen LogP contribution in [-0.4, -0.2) is 58.0 Å². The van der Waals surface area contributed by atoms with Crippen molar-refractivity contribution in [2.75, 3.05) is 26.2 Å². The average Bonchev–Trinajstić information content (AvgIpc) is 3.10. The molecule has 1 atom stereocenters. The van der Waals surface area contributed by atoms with Gasteiger partial charge in [-0.15, -0.1) is 0 Å². The number of H-pyrrole nitrogens is 1. The van der Waals surface area contributed by atoms with Crippen molar-refractivity contribution in [1.82, 2.24) is 20.0 Å². The van der Waals surface area contributed by atoms with Crippen LogP contribution in [0.25, 0.3) is 0 Å². The van der Waals surface area contributed by atoms with Crippen LogP contribution in [0.5, 0.6) is 0 Å². The van der Waals surface area contributed by atoms with Gasteiger partial charge < -0.3 is 9.80 Å². The lowest BCUT2D eigenvalue weighted by Gasteiger charge is -2.39. The summed E-state index contributed by atoms with van der Waals surface area (Å²) in [4.78, 5) is 28.9. The van der Waals surface area contributed by atoms with Gasteiger partial charge in [0.25, 0.3) is 5.91 Å². The lowest BCUT2D eigenvalue weighted by Crippen LogP contribution is -2.51. The van der Waals surface area contributed by atoms with Gasteiger partial charge in [0.2, 0.25) is 5.91 Å². The molecule has 0 aromatic carbocycles. The molecule has 1 N–H and O–H groups in total. The van der Waals surface area contributed by atoms with E-state index in [2.05, 4.69) is 5.10 Å².